The van der Waals surface area contributed by atoms with E-state index in [0.717, 1.165) is 22.1 Å². The van der Waals surface area contributed by atoms with Gasteiger partial charge in [0.25, 0.3) is 0 Å². The quantitative estimate of drug-likeness (QED) is 0.413. The molecule has 0 amide bonds. The molecule has 0 saturated carbocycles. The van der Waals surface area contributed by atoms with Crippen LogP contribution in [0.3, 0.4) is 0 Å². The van der Waals surface area contributed by atoms with Crippen molar-refractivity contribution in [3.63, 3.8) is 0 Å². The molecule has 28 heavy (non-hydrogen) atoms. The number of phenols is 4. The summed E-state index contributed by atoms with van der Waals surface area (Å²) in [6.45, 7) is 0. The van der Waals surface area contributed by atoms with Gasteiger partial charge in [-0.1, -0.05) is 36.4 Å². The molecule has 4 aromatic rings. The standard InChI is InChI=1S/C24H20O4/c25-18-6-1-15(2-7-18)13-17-5-11-23(28)24-20(17)10-12-22(27)21(24)14-16-3-8-19(26)9-4-16/h1-12,25-28H,13-14H2. The first-order valence-corrected chi connectivity index (χ1v) is 9.02. The lowest BCUT2D eigenvalue weighted by Gasteiger charge is -2.14. The third kappa shape index (κ3) is 3.45. The number of fused-ring (bicyclic) bond motifs is 1. The molecule has 0 radical (unpaired) electrons. The molecule has 0 aliphatic rings. The number of phenolic OH excluding ortho intramolecular Hbond substituents is 4. The molecule has 4 rings (SSSR count). The summed E-state index contributed by atoms with van der Waals surface area (Å²) in [5.74, 6) is 0.650. The van der Waals surface area contributed by atoms with E-state index >= 15 is 0 Å². The molecular formula is C24H20O4. The largest absolute Gasteiger partial charge is 0.508 e. The van der Waals surface area contributed by atoms with Crippen molar-refractivity contribution < 1.29 is 20.4 Å². The van der Waals surface area contributed by atoms with Crippen LogP contribution in [0.5, 0.6) is 23.0 Å². The highest BCUT2D eigenvalue weighted by Crippen LogP contribution is 2.37. The zero-order valence-corrected chi connectivity index (χ0v) is 15.1. The van der Waals surface area contributed by atoms with Crippen LogP contribution in [0.4, 0.5) is 0 Å². The van der Waals surface area contributed by atoms with Crippen molar-refractivity contribution in [1.29, 1.82) is 0 Å². The number of aromatic hydroxyl groups is 4. The summed E-state index contributed by atoms with van der Waals surface area (Å²) in [5, 5.41) is 41.5. The average molecular weight is 372 g/mol. The van der Waals surface area contributed by atoms with Gasteiger partial charge < -0.3 is 20.4 Å². The van der Waals surface area contributed by atoms with Crippen molar-refractivity contribution >= 4 is 10.8 Å². The van der Waals surface area contributed by atoms with Gasteiger partial charge in [0, 0.05) is 17.4 Å². The van der Waals surface area contributed by atoms with Crippen molar-refractivity contribution in [1.82, 2.24) is 0 Å². The fraction of sp³-hybridized carbons (Fsp3) is 0.0833. The molecule has 0 aliphatic carbocycles. The lowest BCUT2D eigenvalue weighted by Crippen LogP contribution is -1.95. The Hall–Kier alpha value is -3.66. The Bertz CT molecular complexity index is 1130. The maximum Gasteiger partial charge on any atom is 0.123 e. The highest BCUT2D eigenvalue weighted by Gasteiger charge is 2.15. The monoisotopic (exact) mass is 372 g/mol. The maximum absolute atomic E-state index is 10.5. The van der Waals surface area contributed by atoms with Gasteiger partial charge in [-0.15, -0.1) is 0 Å². The Labute approximate surface area is 162 Å². The lowest BCUT2D eigenvalue weighted by atomic mass is 9.92. The summed E-state index contributed by atoms with van der Waals surface area (Å²) in [6, 6.07) is 20.8. The molecule has 4 nitrogen and oxygen atoms in total. The summed E-state index contributed by atoms with van der Waals surface area (Å²) >= 11 is 0. The Balaban J connectivity index is 1.80. The second-order valence-corrected chi connectivity index (χ2v) is 6.92. The third-order valence-electron chi connectivity index (χ3n) is 4.98. The van der Waals surface area contributed by atoms with Gasteiger partial charge in [-0.05, 0) is 64.9 Å². The van der Waals surface area contributed by atoms with Crippen LogP contribution >= 0.6 is 0 Å². The Morgan fingerprint density at radius 3 is 1.64 bits per heavy atom. The predicted molar refractivity (Wildman–Crippen MR) is 109 cm³/mol. The Kier molecular flexibility index (Phi) is 4.53. The first-order chi connectivity index (χ1) is 13.5. The summed E-state index contributed by atoms with van der Waals surface area (Å²) in [7, 11) is 0. The number of benzene rings is 4. The predicted octanol–water partition coefficient (Wildman–Crippen LogP) is 4.84. The summed E-state index contributed by atoms with van der Waals surface area (Å²) in [5.41, 5.74) is 3.63. The molecule has 4 aromatic carbocycles. The molecule has 4 N–H and O–H groups in total. The van der Waals surface area contributed by atoms with E-state index in [1.165, 1.54) is 0 Å². The molecule has 0 aliphatic heterocycles. The van der Waals surface area contributed by atoms with E-state index in [0.29, 0.717) is 23.8 Å². The molecule has 0 saturated heterocycles. The van der Waals surface area contributed by atoms with Gasteiger partial charge in [0.15, 0.2) is 0 Å². The minimum atomic E-state index is 0.120. The molecule has 0 heterocycles. The van der Waals surface area contributed by atoms with Crippen molar-refractivity contribution in [2.45, 2.75) is 12.8 Å². The van der Waals surface area contributed by atoms with Crippen LogP contribution in [0.2, 0.25) is 0 Å². The number of rotatable bonds is 4. The van der Waals surface area contributed by atoms with Gasteiger partial charge in [0.05, 0.1) is 0 Å². The van der Waals surface area contributed by atoms with Gasteiger partial charge in [-0.25, -0.2) is 0 Å². The van der Waals surface area contributed by atoms with Crippen LogP contribution in [0.25, 0.3) is 10.8 Å². The Morgan fingerprint density at radius 2 is 1.04 bits per heavy atom. The van der Waals surface area contributed by atoms with E-state index in [2.05, 4.69) is 0 Å². The smallest absolute Gasteiger partial charge is 0.123 e. The first kappa shape index (κ1) is 17.7. The number of hydrogen-bond acceptors (Lipinski definition) is 4. The second kappa shape index (κ2) is 7.16. The van der Waals surface area contributed by atoms with Crippen molar-refractivity contribution in [3.8, 4) is 23.0 Å². The zero-order valence-electron chi connectivity index (χ0n) is 15.1. The van der Waals surface area contributed by atoms with Crippen LogP contribution in [-0.2, 0) is 12.8 Å². The zero-order chi connectivity index (χ0) is 19.7. The lowest BCUT2D eigenvalue weighted by molar-refractivity contribution is 0.466. The van der Waals surface area contributed by atoms with Crippen LogP contribution in [-0.4, -0.2) is 20.4 Å². The second-order valence-electron chi connectivity index (χ2n) is 6.92. The highest BCUT2D eigenvalue weighted by atomic mass is 16.3. The summed E-state index contributed by atoms with van der Waals surface area (Å²) in [4.78, 5) is 0. The summed E-state index contributed by atoms with van der Waals surface area (Å²) in [6.07, 6.45) is 1.07. The van der Waals surface area contributed by atoms with Gasteiger partial charge in [-0.3, -0.25) is 0 Å². The van der Waals surface area contributed by atoms with Gasteiger partial charge in [-0.2, -0.15) is 0 Å². The molecular weight excluding hydrogens is 352 g/mol. The molecule has 0 bridgehead atoms. The SMILES string of the molecule is Oc1ccc(Cc2ccc(O)c3c(Cc4ccc(O)cc4)c(O)ccc23)cc1. The van der Waals surface area contributed by atoms with Crippen LogP contribution in [0, 0.1) is 0 Å². The molecule has 0 unspecified atom stereocenters. The van der Waals surface area contributed by atoms with E-state index in [1.807, 2.05) is 24.3 Å². The van der Waals surface area contributed by atoms with Gasteiger partial charge in [0.2, 0.25) is 0 Å². The van der Waals surface area contributed by atoms with Gasteiger partial charge in [0.1, 0.15) is 23.0 Å². The minimum absolute atomic E-state index is 0.120. The third-order valence-corrected chi connectivity index (χ3v) is 4.98. The van der Waals surface area contributed by atoms with E-state index in [1.54, 1.807) is 48.5 Å². The minimum Gasteiger partial charge on any atom is -0.508 e. The molecule has 140 valence electrons. The fourth-order valence-corrected chi connectivity index (χ4v) is 3.53. The molecule has 4 heteroatoms. The molecule has 0 fully saturated rings. The molecule has 0 aromatic heterocycles. The molecule has 0 atom stereocenters. The maximum atomic E-state index is 10.5. The topological polar surface area (TPSA) is 80.9 Å². The van der Waals surface area contributed by atoms with Crippen molar-refractivity contribution in [3.05, 3.63) is 95.1 Å². The van der Waals surface area contributed by atoms with Crippen molar-refractivity contribution in [2.75, 3.05) is 0 Å². The van der Waals surface area contributed by atoms with E-state index in [-0.39, 0.29) is 23.0 Å². The molecule has 0 spiro atoms. The normalized spacial score (nSPS) is 11.0. The summed E-state index contributed by atoms with van der Waals surface area (Å²) < 4.78 is 0. The van der Waals surface area contributed by atoms with Crippen LogP contribution < -0.4 is 0 Å². The Morgan fingerprint density at radius 1 is 0.500 bits per heavy atom. The first-order valence-electron chi connectivity index (χ1n) is 9.02. The van der Waals surface area contributed by atoms with Crippen LogP contribution in [0.15, 0.2) is 72.8 Å². The van der Waals surface area contributed by atoms with E-state index in [9.17, 15) is 20.4 Å². The van der Waals surface area contributed by atoms with Crippen LogP contribution in [0.1, 0.15) is 22.3 Å². The van der Waals surface area contributed by atoms with E-state index in [4.69, 9.17) is 0 Å². The van der Waals surface area contributed by atoms with Crippen molar-refractivity contribution in [2.24, 2.45) is 0 Å². The number of hydrogen-bond donors (Lipinski definition) is 4. The highest BCUT2D eigenvalue weighted by molar-refractivity contribution is 5.95. The van der Waals surface area contributed by atoms with E-state index < -0.39 is 0 Å². The van der Waals surface area contributed by atoms with Gasteiger partial charge >= 0.3 is 0 Å². The fourth-order valence-electron chi connectivity index (χ4n) is 3.53. The average Bonchev–Trinajstić information content (AvgIpc) is 2.69.